The first kappa shape index (κ1) is 13.6. The summed E-state index contributed by atoms with van der Waals surface area (Å²) in [6, 6.07) is 12.9. The summed E-state index contributed by atoms with van der Waals surface area (Å²) in [5.41, 5.74) is 1.17. The largest absolute Gasteiger partial charge is 0.508 e. The van der Waals surface area contributed by atoms with Gasteiger partial charge in [0.05, 0.1) is 17.0 Å². The average molecular weight is 307 g/mol. The van der Waals surface area contributed by atoms with Gasteiger partial charge in [-0.15, -0.1) is 0 Å². The van der Waals surface area contributed by atoms with E-state index in [-0.39, 0.29) is 22.8 Å². The zero-order chi connectivity index (χ0) is 16.1. The van der Waals surface area contributed by atoms with Crippen molar-refractivity contribution in [3.63, 3.8) is 0 Å². The predicted octanol–water partition coefficient (Wildman–Crippen LogP) is 2.67. The van der Waals surface area contributed by atoms with E-state index in [1.54, 1.807) is 55.6 Å². The standard InChI is InChI=1S/C18H13NO4/c1-19-15(10-5-4-6-11(20)9-10)14-16(21)12-7-2-3-8-13(12)23-17(14)18(19)22/h2-9,15,20H,1H3/t15-/m0/s1. The summed E-state index contributed by atoms with van der Waals surface area (Å²) in [5.74, 6) is -0.178. The molecule has 4 rings (SSSR count). The first-order valence-corrected chi connectivity index (χ1v) is 7.20. The van der Waals surface area contributed by atoms with E-state index in [4.69, 9.17) is 4.42 Å². The maximum absolute atomic E-state index is 12.9. The van der Waals surface area contributed by atoms with Gasteiger partial charge in [-0.25, -0.2) is 0 Å². The van der Waals surface area contributed by atoms with Gasteiger partial charge in [0.1, 0.15) is 11.3 Å². The van der Waals surface area contributed by atoms with Gasteiger partial charge in [-0.3, -0.25) is 9.59 Å². The molecular formula is C18H13NO4. The molecule has 0 spiro atoms. The second kappa shape index (κ2) is 4.71. The Balaban J connectivity index is 2.05. The predicted molar refractivity (Wildman–Crippen MR) is 84.5 cm³/mol. The Morgan fingerprint density at radius 3 is 2.65 bits per heavy atom. The van der Waals surface area contributed by atoms with Crippen LogP contribution in [0.4, 0.5) is 0 Å². The molecule has 0 saturated heterocycles. The molecule has 1 aliphatic heterocycles. The molecule has 114 valence electrons. The van der Waals surface area contributed by atoms with Gasteiger partial charge < -0.3 is 14.4 Å². The number of carbonyl (C=O) groups is 1. The molecule has 1 atom stereocenters. The van der Waals surface area contributed by atoms with Crippen molar-refractivity contribution in [2.45, 2.75) is 6.04 Å². The molecule has 1 amide bonds. The van der Waals surface area contributed by atoms with Crippen LogP contribution >= 0.6 is 0 Å². The van der Waals surface area contributed by atoms with Crippen LogP contribution in [0, 0.1) is 0 Å². The van der Waals surface area contributed by atoms with Gasteiger partial charge in [0.25, 0.3) is 5.91 Å². The first-order valence-electron chi connectivity index (χ1n) is 7.20. The number of para-hydroxylation sites is 1. The van der Waals surface area contributed by atoms with Crippen LogP contribution in [0.3, 0.4) is 0 Å². The van der Waals surface area contributed by atoms with E-state index in [9.17, 15) is 14.7 Å². The third-order valence-corrected chi connectivity index (χ3v) is 4.19. The van der Waals surface area contributed by atoms with Crippen LogP contribution in [0.5, 0.6) is 5.75 Å². The van der Waals surface area contributed by atoms with Crippen molar-refractivity contribution in [2.24, 2.45) is 0 Å². The highest BCUT2D eigenvalue weighted by atomic mass is 16.3. The maximum Gasteiger partial charge on any atom is 0.290 e. The van der Waals surface area contributed by atoms with E-state index in [1.165, 1.54) is 4.90 Å². The summed E-state index contributed by atoms with van der Waals surface area (Å²) in [5, 5.41) is 10.2. The first-order chi connectivity index (χ1) is 11.1. The van der Waals surface area contributed by atoms with Crippen LogP contribution in [0.1, 0.15) is 27.7 Å². The Morgan fingerprint density at radius 1 is 1.09 bits per heavy atom. The SMILES string of the molecule is CN1C(=O)c2oc3ccccc3c(=O)c2[C@@H]1c1cccc(O)c1. The van der Waals surface area contributed by atoms with Crippen molar-refractivity contribution in [1.82, 2.24) is 4.90 Å². The van der Waals surface area contributed by atoms with Crippen molar-refractivity contribution < 1.29 is 14.3 Å². The minimum atomic E-state index is -0.564. The third kappa shape index (κ3) is 1.86. The van der Waals surface area contributed by atoms with Crippen LogP contribution in [0.25, 0.3) is 11.0 Å². The van der Waals surface area contributed by atoms with Crippen LogP contribution < -0.4 is 5.43 Å². The lowest BCUT2D eigenvalue weighted by molar-refractivity contribution is 0.0771. The molecule has 3 aromatic rings. The molecule has 23 heavy (non-hydrogen) atoms. The highest BCUT2D eigenvalue weighted by molar-refractivity contribution is 5.98. The smallest absolute Gasteiger partial charge is 0.290 e. The van der Waals surface area contributed by atoms with Gasteiger partial charge in [-0.2, -0.15) is 0 Å². The summed E-state index contributed by atoms with van der Waals surface area (Å²) in [7, 11) is 1.62. The zero-order valence-electron chi connectivity index (χ0n) is 12.3. The molecule has 2 heterocycles. The second-order valence-electron chi connectivity index (χ2n) is 5.58. The normalized spacial score (nSPS) is 16.8. The third-order valence-electron chi connectivity index (χ3n) is 4.19. The molecule has 0 fully saturated rings. The molecule has 0 radical (unpaired) electrons. The lowest BCUT2D eigenvalue weighted by atomic mass is 9.98. The number of phenolic OH excluding ortho intramolecular Hbond substituents is 1. The minimum Gasteiger partial charge on any atom is -0.508 e. The topological polar surface area (TPSA) is 70.8 Å². The highest BCUT2D eigenvalue weighted by Gasteiger charge is 2.40. The van der Waals surface area contributed by atoms with Gasteiger partial charge in [0.2, 0.25) is 5.76 Å². The monoisotopic (exact) mass is 307 g/mol. The zero-order valence-corrected chi connectivity index (χ0v) is 12.3. The average Bonchev–Trinajstić information content (AvgIpc) is 2.80. The number of phenols is 1. The Hall–Kier alpha value is -3.08. The van der Waals surface area contributed by atoms with Gasteiger partial charge >= 0.3 is 0 Å². The molecule has 0 bridgehead atoms. The molecule has 1 aromatic heterocycles. The summed E-state index contributed by atoms with van der Waals surface area (Å²) >= 11 is 0. The molecule has 0 aliphatic carbocycles. The molecule has 2 aromatic carbocycles. The van der Waals surface area contributed by atoms with Crippen LogP contribution in [0.15, 0.2) is 57.7 Å². The molecule has 0 saturated carbocycles. The van der Waals surface area contributed by atoms with E-state index in [0.717, 1.165) is 0 Å². The minimum absolute atomic E-state index is 0.0737. The van der Waals surface area contributed by atoms with Gasteiger partial charge in [0.15, 0.2) is 5.43 Å². The Kier molecular flexibility index (Phi) is 2.78. The Labute approximate surface area is 131 Å². The number of amides is 1. The highest BCUT2D eigenvalue weighted by Crippen LogP contribution is 2.37. The van der Waals surface area contributed by atoms with Crippen LogP contribution in [0.2, 0.25) is 0 Å². The van der Waals surface area contributed by atoms with Crippen molar-refractivity contribution in [3.05, 3.63) is 75.6 Å². The number of aromatic hydroxyl groups is 1. The number of rotatable bonds is 1. The van der Waals surface area contributed by atoms with Crippen LogP contribution in [-0.4, -0.2) is 23.0 Å². The lowest BCUT2D eigenvalue weighted by Crippen LogP contribution is -2.25. The number of benzene rings is 2. The number of fused-ring (bicyclic) bond motifs is 2. The van der Waals surface area contributed by atoms with E-state index < -0.39 is 6.04 Å². The lowest BCUT2D eigenvalue weighted by Gasteiger charge is -2.20. The summed E-state index contributed by atoms with van der Waals surface area (Å²) in [6.07, 6.45) is 0. The molecular weight excluding hydrogens is 294 g/mol. The number of hydrogen-bond donors (Lipinski definition) is 1. The molecule has 5 heteroatoms. The molecule has 1 aliphatic rings. The number of carbonyl (C=O) groups excluding carboxylic acids is 1. The molecule has 0 unspecified atom stereocenters. The van der Waals surface area contributed by atoms with E-state index in [0.29, 0.717) is 22.1 Å². The van der Waals surface area contributed by atoms with Gasteiger partial charge in [-0.1, -0.05) is 24.3 Å². The maximum atomic E-state index is 12.9. The van der Waals surface area contributed by atoms with Crippen molar-refractivity contribution >= 4 is 16.9 Å². The summed E-state index contributed by atoms with van der Waals surface area (Å²) in [4.78, 5) is 26.8. The van der Waals surface area contributed by atoms with Crippen molar-refractivity contribution in [1.29, 1.82) is 0 Å². The second-order valence-corrected chi connectivity index (χ2v) is 5.58. The van der Waals surface area contributed by atoms with Crippen molar-refractivity contribution in [2.75, 3.05) is 7.05 Å². The quantitative estimate of drug-likeness (QED) is 0.750. The van der Waals surface area contributed by atoms with Crippen LogP contribution in [-0.2, 0) is 0 Å². The van der Waals surface area contributed by atoms with E-state index >= 15 is 0 Å². The van der Waals surface area contributed by atoms with E-state index in [2.05, 4.69) is 0 Å². The number of hydrogen-bond acceptors (Lipinski definition) is 4. The summed E-state index contributed by atoms with van der Waals surface area (Å²) in [6.45, 7) is 0. The Bertz CT molecular complexity index is 1010. The van der Waals surface area contributed by atoms with Gasteiger partial charge in [-0.05, 0) is 29.8 Å². The van der Waals surface area contributed by atoms with E-state index in [1.807, 2.05) is 0 Å². The Morgan fingerprint density at radius 2 is 1.87 bits per heavy atom. The fourth-order valence-corrected chi connectivity index (χ4v) is 3.12. The molecule has 1 N–H and O–H groups in total. The fraction of sp³-hybridized carbons (Fsp3) is 0.111. The van der Waals surface area contributed by atoms with Crippen molar-refractivity contribution in [3.8, 4) is 5.75 Å². The summed E-state index contributed by atoms with van der Waals surface area (Å²) < 4.78 is 5.70. The van der Waals surface area contributed by atoms with Gasteiger partial charge in [0, 0.05) is 7.05 Å². The fourth-order valence-electron chi connectivity index (χ4n) is 3.12. The molecule has 5 nitrogen and oxygen atoms in total. The number of nitrogens with zero attached hydrogens (tertiary/aromatic N) is 1.